The molecule has 0 bridgehead atoms. The Morgan fingerprint density at radius 2 is 0.857 bits per heavy atom. The van der Waals surface area contributed by atoms with E-state index in [4.69, 9.17) is 9.05 Å². The van der Waals surface area contributed by atoms with E-state index in [0.29, 0.717) is 0 Å². The molecule has 0 aromatic heterocycles. The van der Waals surface area contributed by atoms with Crippen LogP contribution in [0.3, 0.4) is 0 Å². The van der Waals surface area contributed by atoms with Gasteiger partial charge in [-0.3, -0.25) is 0 Å². The van der Waals surface area contributed by atoms with E-state index in [1.807, 2.05) is 12.2 Å². The molecule has 0 saturated carbocycles. The molecule has 0 saturated heterocycles. The van der Waals surface area contributed by atoms with Gasteiger partial charge in [0, 0.05) is 0 Å². The lowest BCUT2D eigenvalue weighted by molar-refractivity contribution is 0.320. The Bertz CT molecular complexity index is 313. The molecule has 3 nitrogen and oxygen atoms in total. The molecule has 0 spiro atoms. The van der Waals surface area contributed by atoms with Gasteiger partial charge in [0.1, 0.15) is 0 Å². The molecule has 166 valence electrons. The highest BCUT2D eigenvalue weighted by atomic mass is 31.2. The van der Waals surface area contributed by atoms with Crippen molar-refractivity contribution in [3.05, 3.63) is 24.7 Å². The van der Waals surface area contributed by atoms with Crippen LogP contribution >= 0.6 is 8.60 Å². The molecule has 28 heavy (non-hydrogen) atoms. The van der Waals surface area contributed by atoms with Crippen LogP contribution in [0.15, 0.2) is 24.7 Å². The van der Waals surface area contributed by atoms with Crippen molar-refractivity contribution in [1.82, 2.24) is 0 Å². The summed E-state index contributed by atoms with van der Waals surface area (Å²) in [4.78, 5) is 9.65. The van der Waals surface area contributed by atoms with Crippen molar-refractivity contribution in [2.45, 2.75) is 129 Å². The predicted molar refractivity (Wildman–Crippen MR) is 124 cm³/mol. The molecule has 0 radical (unpaired) electrons. The zero-order chi connectivity index (χ0) is 20.5. The second-order valence-corrected chi connectivity index (χ2v) is 8.62. The van der Waals surface area contributed by atoms with Gasteiger partial charge >= 0.3 is 8.60 Å². The van der Waals surface area contributed by atoms with E-state index in [-0.39, 0.29) is 0 Å². The zero-order valence-electron chi connectivity index (χ0n) is 18.7. The van der Waals surface area contributed by atoms with E-state index in [1.54, 1.807) is 12.5 Å². The van der Waals surface area contributed by atoms with Gasteiger partial charge in [-0.2, -0.15) is 0 Å². The second-order valence-electron chi connectivity index (χ2n) is 7.72. The van der Waals surface area contributed by atoms with Crippen molar-refractivity contribution in [2.24, 2.45) is 0 Å². The smallest absolute Gasteiger partial charge is 0.426 e. The first-order valence-electron chi connectivity index (χ1n) is 11.9. The van der Waals surface area contributed by atoms with Crippen LogP contribution in [0.2, 0.25) is 0 Å². The van der Waals surface area contributed by atoms with E-state index in [0.717, 1.165) is 12.8 Å². The minimum Gasteiger partial charge on any atom is -0.426 e. The van der Waals surface area contributed by atoms with Gasteiger partial charge in [0.25, 0.3) is 0 Å². The van der Waals surface area contributed by atoms with Gasteiger partial charge in [0.15, 0.2) is 0 Å². The summed E-state index contributed by atoms with van der Waals surface area (Å²) in [6.45, 7) is 4.51. The van der Waals surface area contributed by atoms with E-state index in [1.165, 1.54) is 103 Å². The maximum Gasteiger partial charge on any atom is 0.458 e. The summed E-state index contributed by atoms with van der Waals surface area (Å²) in [5.41, 5.74) is 0. The Labute approximate surface area is 177 Å². The highest BCUT2D eigenvalue weighted by molar-refractivity contribution is 7.40. The Balaban J connectivity index is 3.32. The molecular formula is C24H47O3P. The summed E-state index contributed by atoms with van der Waals surface area (Å²) < 4.78 is 10.3. The molecule has 0 aliphatic heterocycles. The summed E-state index contributed by atoms with van der Waals surface area (Å²) in [5.74, 6) is 0. The highest BCUT2D eigenvalue weighted by Gasteiger charge is 2.02. The Hall–Kier alpha value is -0.530. The molecular weight excluding hydrogens is 367 g/mol. The van der Waals surface area contributed by atoms with Gasteiger partial charge in [-0.25, -0.2) is 0 Å². The molecule has 0 amide bonds. The van der Waals surface area contributed by atoms with Gasteiger partial charge in [0.05, 0.1) is 12.5 Å². The van der Waals surface area contributed by atoms with E-state index in [9.17, 15) is 4.89 Å². The van der Waals surface area contributed by atoms with Crippen molar-refractivity contribution >= 4 is 8.60 Å². The largest absolute Gasteiger partial charge is 0.458 e. The lowest BCUT2D eigenvalue weighted by Gasteiger charge is -2.05. The molecule has 1 N–H and O–H groups in total. The maximum atomic E-state index is 9.65. The summed E-state index contributed by atoms with van der Waals surface area (Å²) in [7, 11) is -1.83. The number of hydrogen-bond acceptors (Lipinski definition) is 3. The third kappa shape index (κ3) is 23.5. The van der Waals surface area contributed by atoms with Crippen LogP contribution in [0.25, 0.3) is 0 Å². The van der Waals surface area contributed by atoms with E-state index < -0.39 is 8.60 Å². The first-order chi connectivity index (χ1) is 13.8. The van der Waals surface area contributed by atoms with Crippen LogP contribution in [-0.2, 0) is 9.05 Å². The lowest BCUT2D eigenvalue weighted by Crippen LogP contribution is -1.81. The lowest BCUT2D eigenvalue weighted by atomic mass is 10.1. The first kappa shape index (κ1) is 27.5. The SMILES string of the molecule is CCCCCCCCCCC=COP(O)OC=CCCCCCCCCCC. The monoisotopic (exact) mass is 414 g/mol. The van der Waals surface area contributed by atoms with Gasteiger partial charge in [-0.15, -0.1) is 0 Å². The summed E-state index contributed by atoms with van der Waals surface area (Å²) in [6, 6.07) is 0. The summed E-state index contributed by atoms with van der Waals surface area (Å²) in [6.07, 6.45) is 30.4. The van der Waals surface area contributed by atoms with Crippen molar-refractivity contribution in [1.29, 1.82) is 0 Å². The molecule has 0 atom stereocenters. The highest BCUT2D eigenvalue weighted by Crippen LogP contribution is 2.33. The quantitative estimate of drug-likeness (QED) is 0.109. The summed E-state index contributed by atoms with van der Waals surface area (Å²) >= 11 is 0. The average Bonchev–Trinajstić information content (AvgIpc) is 2.70. The third-order valence-electron chi connectivity index (χ3n) is 4.94. The predicted octanol–water partition coefficient (Wildman–Crippen LogP) is 9.33. The van der Waals surface area contributed by atoms with Crippen LogP contribution in [0, 0.1) is 0 Å². The van der Waals surface area contributed by atoms with Crippen molar-refractivity contribution in [2.75, 3.05) is 0 Å². The minimum absolute atomic E-state index is 1.01. The molecule has 0 aliphatic carbocycles. The van der Waals surface area contributed by atoms with Crippen LogP contribution in [0.4, 0.5) is 0 Å². The Kier molecular flexibility index (Phi) is 24.0. The Morgan fingerprint density at radius 3 is 1.21 bits per heavy atom. The maximum absolute atomic E-state index is 9.65. The number of unbranched alkanes of at least 4 members (excludes halogenated alkanes) is 16. The molecule has 0 aromatic rings. The molecule has 0 unspecified atom stereocenters. The fourth-order valence-electron chi connectivity index (χ4n) is 3.14. The standard InChI is InChI=1S/C24H47O3P/c1-3-5-7-9-11-13-15-17-19-21-23-26-28(25)27-24-22-20-18-16-14-12-10-8-6-4-2/h21-25H,3-20H2,1-2H3. The summed E-state index contributed by atoms with van der Waals surface area (Å²) in [5, 5.41) is 0. The van der Waals surface area contributed by atoms with E-state index in [2.05, 4.69) is 13.8 Å². The fourth-order valence-corrected chi connectivity index (χ4v) is 3.57. The van der Waals surface area contributed by atoms with Crippen LogP contribution in [0.1, 0.15) is 129 Å². The van der Waals surface area contributed by atoms with Crippen LogP contribution < -0.4 is 0 Å². The number of rotatable bonds is 22. The molecule has 0 heterocycles. The normalized spacial score (nSPS) is 12.8. The van der Waals surface area contributed by atoms with Gasteiger partial charge in [0.2, 0.25) is 0 Å². The van der Waals surface area contributed by atoms with Crippen molar-refractivity contribution in [3.8, 4) is 0 Å². The zero-order valence-corrected chi connectivity index (χ0v) is 19.6. The van der Waals surface area contributed by atoms with Crippen molar-refractivity contribution < 1.29 is 13.9 Å². The molecule has 0 aliphatic rings. The number of hydrogen-bond donors (Lipinski definition) is 1. The van der Waals surface area contributed by atoms with Crippen LogP contribution in [-0.4, -0.2) is 4.89 Å². The van der Waals surface area contributed by atoms with Crippen molar-refractivity contribution in [3.63, 3.8) is 0 Å². The molecule has 0 rings (SSSR count). The van der Waals surface area contributed by atoms with E-state index >= 15 is 0 Å². The van der Waals surface area contributed by atoms with Gasteiger partial charge in [-0.1, -0.05) is 104 Å². The number of allylic oxidation sites excluding steroid dienone is 2. The molecule has 4 heteroatoms. The second kappa shape index (κ2) is 24.5. The first-order valence-corrected chi connectivity index (χ1v) is 13.1. The third-order valence-corrected chi connectivity index (χ3v) is 5.55. The van der Waals surface area contributed by atoms with Crippen LogP contribution in [0.5, 0.6) is 0 Å². The van der Waals surface area contributed by atoms with Gasteiger partial charge < -0.3 is 13.9 Å². The Morgan fingerprint density at radius 1 is 0.536 bits per heavy atom. The molecule has 0 aromatic carbocycles. The van der Waals surface area contributed by atoms with Gasteiger partial charge in [-0.05, 0) is 37.8 Å². The minimum atomic E-state index is -1.83. The molecule has 0 fully saturated rings. The average molecular weight is 415 g/mol. The topological polar surface area (TPSA) is 38.7 Å². The fraction of sp³-hybridized carbons (Fsp3) is 0.833.